The summed E-state index contributed by atoms with van der Waals surface area (Å²) in [6.45, 7) is 0.0676. The van der Waals surface area contributed by atoms with Crippen LogP contribution in [0.3, 0.4) is 0 Å². The monoisotopic (exact) mass is 264 g/mol. The van der Waals surface area contributed by atoms with Gasteiger partial charge in [-0.3, -0.25) is 4.79 Å². The highest BCUT2D eigenvalue weighted by molar-refractivity contribution is 5.85. The van der Waals surface area contributed by atoms with Gasteiger partial charge in [0.05, 0.1) is 12.5 Å². The number of aliphatic carboxylic acids is 1. The topological polar surface area (TPSA) is 104 Å². The molecule has 0 bridgehead atoms. The molecule has 6 nitrogen and oxygen atoms in total. The summed E-state index contributed by atoms with van der Waals surface area (Å²) in [7, 11) is 0. The van der Waals surface area contributed by atoms with Crippen LogP contribution in [0.15, 0.2) is 24.3 Å². The Kier molecular flexibility index (Phi) is 3.71. The molecule has 1 heterocycles. The highest BCUT2D eigenvalue weighted by Crippen LogP contribution is 2.20. The smallest absolute Gasteiger partial charge is 0.326 e. The Morgan fingerprint density at radius 1 is 1.42 bits per heavy atom. The van der Waals surface area contributed by atoms with Crippen molar-refractivity contribution in [3.8, 4) is 0 Å². The normalized spacial score (nSPS) is 22.5. The summed E-state index contributed by atoms with van der Waals surface area (Å²) in [5, 5.41) is 18.5. The van der Waals surface area contributed by atoms with Gasteiger partial charge >= 0.3 is 5.97 Å². The lowest BCUT2D eigenvalue weighted by molar-refractivity contribution is -0.148. The van der Waals surface area contributed by atoms with Crippen LogP contribution >= 0.6 is 0 Å². The number of anilines is 1. The van der Waals surface area contributed by atoms with Gasteiger partial charge in [0.15, 0.2) is 0 Å². The average molecular weight is 264 g/mol. The second-order valence-corrected chi connectivity index (χ2v) is 4.71. The van der Waals surface area contributed by atoms with Gasteiger partial charge in [-0.15, -0.1) is 0 Å². The summed E-state index contributed by atoms with van der Waals surface area (Å²) < 4.78 is 0. The number of carbonyl (C=O) groups excluding carboxylic acids is 1. The summed E-state index contributed by atoms with van der Waals surface area (Å²) in [6, 6.07) is 5.96. The molecule has 19 heavy (non-hydrogen) atoms. The van der Waals surface area contributed by atoms with Crippen LogP contribution < -0.4 is 5.73 Å². The third-order valence-corrected chi connectivity index (χ3v) is 3.19. The second-order valence-electron chi connectivity index (χ2n) is 4.71. The van der Waals surface area contributed by atoms with Crippen molar-refractivity contribution < 1.29 is 19.8 Å². The number of amides is 1. The van der Waals surface area contributed by atoms with Crippen molar-refractivity contribution in [3.05, 3.63) is 29.8 Å². The van der Waals surface area contributed by atoms with E-state index < -0.39 is 18.1 Å². The lowest BCUT2D eigenvalue weighted by Gasteiger charge is -2.21. The van der Waals surface area contributed by atoms with Gasteiger partial charge in [0.2, 0.25) is 5.91 Å². The van der Waals surface area contributed by atoms with E-state index in [1.165, 1.54) is 4.90 Å². The van der Waals surface area contributed by atoms with Gasteiger partial charge in [-0.2, -0.15) is 0 Å². The van der Waals surface area contributed by atoms with Crippen LogP contribution in [0.5, 0.6) is 0 Å². The van der Waals surface area contributed by atoms with E-state index in [1.807, 2.05) is 0 Å². The molecule has 2 rings (SSSR count). The van der Waals surface area contributed by atoms with E-state index in [1.54, 1.807) is 24.3 Å². The van der Waals surface area contributed by atoms with Crippen molar-refractivity contribution >= 4 is 17.6 Å². The number of rotatable bonds is 3. The van der Waals surface area contributed by atoms with Crippen molar-refractivity contribution in [2.24, 2.45) is 0 Å². The van der Waals surface area contributed by atoms with Crippen molar-refractivity contribution in [3.63, 3.8) is 0 Å². The molecule has 0 aliphatic carbocycles. The number of likely N-dealkylation sites (tertiary alicyclic amines) is 1. The SMILES string of the molecule is Nc1cccc(CC(=O)N2C[C@H](O)C[C@H]2C(=O)O)c1. The zero-order valence-electron chi connectivity index (χ0n) is 10.3. The summed E-state index contributed by atoms with van der Waals surface area (Å²) in [4.78, 5) is 24.4. The predicted molar refractivity (Wildman–Crippen MR) is 68.3 cm³/mol. The van der Waals surface area contributed by atoms with E-state index in [4.69, 9.17) is 10.8 Å². The number of carboxylic acid groups (broad SMARTS) is 1. The van der Waals surface area contributed by atoms with Gasteiger partial charge < -0.3 is 20.8 Å². The third kappa shape index (κ3) is 3.03. The molecule has 0 radical (unpaired) electrons. The number of hydrogen-bond acceptors (Lipinski definition) is 4. The van der Waals surface area contributed by atoms with Crippen LogP contribution in [0.1, 0.15) is 12.0 Å². The van der Waals surface area contributed by atoms with E-state index in [0.717, 1.165) is 5.56 Å². The molecule has 1 fully saturated rings. The summed E-state index contributed by atoms with van der Waals surface area (Å²) in [5.74, 6) is -1.40. The molecule has 1 aromatic rings. The van der Waals surface area contributed by atoms with Gasteiger partial charge in [-0.25, -0.2) is 4.79 Å². The number of aliphatic hydroxyl groups excluding tert-OH is 1. The molecule has 0 unspecified atom stereocenters. The maximum atomic E-state index is 12.1. The first kappa shape index (κ1) is 13.4. The minimum absolute atomic E-state index is 0.0676. The standard InChI is InChI=1S/C13H16N2O4/c14-9-3-1-2-8(4-9)5-12(17)15-7-10(16)6-11(15)13(18)19/h1-4,10-11,16H,5-7,14H2,(H,18,19)/t10-,11+/m1/s1. The van der Waals surface area contributed by atoms with Gasteiger partial charge in [0.1, 0.15) is 6.04 Å². The van der Waals surface area contributed by atoms with Gasteiger partial charge in [0.25, 0.3) is 0 Å². The van der Waals surface area contributed by atoms with Crippen molar-refractivity contribution in [2.75, 3.05) is 12.3 Å². The fourth-order valence-corrected chi connectivity index (χ4v) is 2.30. The third-order valence-electron chi connectivity index (χ3n) is 3.19. The van der Waals surface area contributed by atoms with E-state index in [-0.39, 0.29) is 25.3 Å². The minimum atomic E-state index is -1.09. The Morgan fingerprint density at radius 2 is 2.16 bits per heavy atom. The highest BCUT2D eigenvalue weighted by Gasteiger charge is 2.38. The highest BCUT2D eigenvalue weighted by atomic mass is 16.4. The fraction of sp³-hybridized carbons (Fsp3) is 0.385. The molecular weight excluding hydrogens is 248 g/mol. The minimum Gasteiger partial charge on any atom is -0.480 e. The number of carbonyl (C=O) groups is 2. The van der Waals surface area contributed by atoms with Crippen molar-refractivity contribution in [1.82, 2.24) is 4.90 Å². The van der Waals surface area contributed by atoms with Crippen LogP contribution in [-0.2, 0) is 16.0 Å². The van der Waals surface area contributed by atoms with E-state index >= 15 is 0 Å². The first-order valence-electron chi connectivity index (χ1n) is 6.02. The number of hydrogen-bond donors (Lipinski definition) is 3. The number of nitrogen functional groups attached to an aromatic ring is 1. The van der Waals surface area contributed by atoms with Crippen LogP contribution in [0.25, 0.3) is 0 Å². The molecule has 2 atom stereocenters. The number of nitrogens with zero attached hydrogens (tertiary/aromatic N) is 1. The molecular formula is C13H16N2O4. The number of nitrogens with two attached hydrogens (primary N) is 1. The molecule has 0 aromatic heterocycles. The molecule has 102 valence electrons. The van der Waals surface area contributed by atoms with Gasteiger partial charge in [0, 0.05) is 18.7 Å². The molecule has 4 N–H and O–H groups in total. The van der Waals surface area contributed by atoms with Crippen LogP contribution in [0, 0.1) is 0 Å². The largest absolute Gasteiger partial charge is 0.480 e. The van der Waals surface area contributed by atoms with E-state index in [9.17, 15) is 14.7 Å². The molecule has 1 saturated heterocycles. The van der Waals surface area contributed by atoms with Gasteiger partial charge in [-0.1, -0.05) is 12.1 Å². The van der Waals surface area contributed by atoms with E-state index in [2.05, 4.69) is 0 Å². The molecule has 6 heteroatoms. The Balaban J connectivity index is 2.09. The molecule has 1 amide bonds. The number of benzene rings is 1. The van der Waals surface area contributed by atoms with Crippen LogP contribution in [0.2, 0.25) is 0 Å². The zero-order valence-corrected chi connectivity index (χ0v) is 10.3. The maximum absolute atomic E-state index is 12.1. The fourth-order valence-electron chi connectivity index (χ4n) is 2.30. The Labute approximate surface area is 110 Å². The van der Waals surface area contributed by atoms with Crippen molar-refractivity contribution in [1.29, 1.82) is 0 Å². The Bertz CT molecular complexity index is 503. The second kappa shape index (κ2) is 5.27. The maximum Gasteiger partial charge on any atom is 0.326 e. The average Bonchev–Trinajstić information content (AvgIpc) is 2.71. The molecule has 1 aliphatic rings. The Morgan fingerprint density at radius 3 is 2.79 bits per heavy atom. The molecule has 0 spiro atoms. The van der Waals surface area contributed by atoms with Crippen molar-refractivity contribution in [2.45, 2.75) is 25.0 Å². The first-order chi connectivity index (χ1) is 8.97. The summed E-state index contributed by atoms with van der Waals surface area (Å²) in [5.41, 5.74) is 6.92. The molecule has 1 aliphatic heterocycles. The number of aliphatic hydroxyl groups is 1. The van der Waals surface area contributed by atoms with Crippen LogP contribution in [0.4, 0.5) is 5.69 Å². The Hall–Kier alpha value is -2.08. The number of carboxylic acids is 1. The quantitative estimate of drug-likeness (QED) is 0.659. The lowest BCUT2D eigenvalue weighted by atomic mass is 10.1. The molecule has 1 aromatic carbocycles. The summed E-state index contributed by atoms with van der Waals surface area (Å²) >= 11 is 0. The van der Waals surface area contributed by atoms with Crippen LogP contribution in [-0.4, -0.2) is 45.7 Å². The lowest BCUT2D eigenvalue weighted by Crippen LogP contribution is -2.41. The predicted octanol–water partition coefficient (Wildman–Crippen LogP) is -0.142. The van der Waals surface area contributed by atoms with Gasteiger partial charge in [-0.05, 0) is 17.7 Å². The number of β-amino-alcohol motifs (C(OH)–C–C–N with tert-alkyl or cyclic N) is 1. The molecule has 0 saturated carbocycles. The first-order valence-corrected chi connectivity index (χ1v) is 6.02. The summed E-state index contributed by atoms with van der Waals surface area (Å²) in [6.07, 6.45) is -0.606. The van der Waals surface area contributed by atoms with E-state index in [0.29, 0.717) is 5.69 Å². The zero-order chi connectivity index (χ0) is 14.0.